The third-order valence-corrected chi connectivity index (χ3v) is 3.11. The summed E-state index contributed by atoms with van der Waals surface area (Å²) < 4.78 is 4.57. The molecular formula is C18H18N2O3. The molecule has 0 aliphatic heterocycles. The summed E-state index contributed by atoms with van der Waals surface area (Å²) in [4.78, 5) is 21.6. The van der Waals surface area contributed by atoms with Gasteiger partial charge in [0.1, 0.15) is 0 Å². The van der Waals surface area contributed by atoms with Crippen molar-refractivity contribution in [2.24, 2.45) is 5.73 Å². The maximum atomic E-state index is 11.2. The summed E-state index contributed by atoms with van der Waals surface area (Å²) in [5.41, 5.74) is 5.86. The summed E-state index contributed by atoms with van der Waals surface area (Å²) in [5.74, 6) is 5.58. The molecule has 2 aromatic carbocycles. The van der Waals surface area contributed by atoms with Gasteiger partial charge in [-0.1, -0.05) is 48.2 Å². The van der Waals surface area contributed by atoms with E-state index < -0.39 is 18.6 Å². The molecule has 5 heteroatoms. The van der Waals surface area contributed by atoms with Crippen LogP contribution in [0.25, 0.3) is 10.8 Å². The summed E-state index contributed by atoms with van der Waals surface area (Å²) in [6.07, 6.45) is 0.703. The average molecular weight is 310 g/mol. The first-order valence-electron chi connectivity index (χ1n) is 7.32. The number of fused-ring (bicyclic) bond motifs is 1. The van der Waals surface area contributed by atoms with Crippen molar-refractivity contribution in [2.75, 3.05) is 13.2 Å². The van der Waals surface area contributed by atoms with E-state index in [2.05, 4.69) is 40.1 Å². The number of nitrogens with two attached hydrogens (primary N) is 1. The summed E-state index contributed by atoms with van der Waals surface area (Å²) in [6.45, 7) is 0.0224. The van der Waals surface area contributed by atoms with Crippen LogP contribution in [0.3, 0.4) is 0 Å². The Morgan fingerprint density at radius 3 is 2.74 bits per heavy atom. The van der Waals surface area contributed by atoms with Crippen molar-refractivity contribution in [3.63, 3.8) is 0 Å². The Balaban J connectivity index is 1.78. The predicted molar refractivity (Wildman–Crippen MR) is 88.6 cm³/mol. The number of ether oxygens (including phenoxy) is 1. The second kappa shape index (κ2) is 8.44. The molecule has 0 radical (unpaired) electrons. The topological polar surface area (TPSA) is 81.4 Å². The molecule has 118 valence electrons. The van der Waals surface area contributed by atoms with E-state index in [1.165, 1.54) is 0 Å². The van der Waals surface area contributed by atoms with Gasteiger partial charge in [-0.15, -0.1) is 0 Å². The third-order valence-electron chi connectivity index (χ3n) is 3.11. The Bertz CT molecular complexity index is 754. The fraction of sp³-hybridized carbons (Fsp3) is 0.222. The number of nitrogens with one attached hydrogen (secondary N) is 1. The maximum Gasteiger partial charge on any atom is 0.407 e. The van der Waals surface area contributed by atoms with Gasteiger partial charge >= 0.3 is 6.09 Å². The summed E-state index contributed by atoms with van der Waals surface area (Å²) in [5, 5.41) is 4.83. The lowest BCUT2D eigenvalue weighted by Crippen LogP contribution is -2.29. The molecule has 2 rings (SSSR count). The van der Waals surface area contributed by atoms with E-state index in [-0.39, 0.29) is 0 Å². The Morgan fingerprint density at radius 1 is 1.13 bits per heavy atom. The SMILES string of the molecule is NC(=O)COC(=O)NCCCC#Cc1cccc2ccccc12. The van der Waals surface area contributed by atoms with Crippen molar-refractivity contribution >= 4 is 22.8 Å². The van der Waals surface area contributed by atoms with Crippen molar-refractivity contribution in [1.29, 1.82) is 0 Å². The molecule has 2 amide bonds. The van der Waals surface area contributed by atoms with Gasteiger partial charge in [0.25, 0.3) is 5.91 Å². The molecule has 0 spiro atoms. The first-order chi connectivity index (χ1) is 11.2. The first kappa shape index (κ1) is 16.4. The van der Waals surface area contributed by atoms with Crippen molar-refractivity contribution < 1.29 is 14.3 Å². The summed E-state index contributed by atoms with van der Waals surface area (Å²) in [7, 11) is 0. The smallest absolute Gasteiger partial charge is 0.407 e. The number of carbonyl (C=O) groups is 2. The molecule has 0 saturated carbocycles. The second-order valence-electron chi connectivity index (χ2n) is 4.90. The number of carbonyl (C=O) groups excluding carboxylic acids is 2. The van der Waals surface area contributed by atoms with Crippen LogP contribution in [0.1, 0.15) is 18.4 Å². The Kier molecular flexibility index (Phi) is 6.01. The van der Waals surface area contributed by atoms with Gasteiger partial charge in [0.05, 0.1) is 0 Å². The third kappa shape index (κ3) is 5.36. The molecule has 0 atom stereocenters. The Hall–Kier alpha value is -3.00. The van der Waals surface area contributed by atoms with Gasteiger partial charge in [-0.3, -0.25) is 4.79 Å². The standard InChI is InChI=1S/C18H18N2O3/c19-17(21)13-23-18(22)20-12-5-1-2-7-14-9-6-10-15-8-3-4-11-16(14)15/h3-4,6,8-11H,1,5,12-13H2,(H2,19,21)(H,20,22). The molecule has 0 bridgehead atoms. The minimum absolute atomic E-state index is 0.410. The zero-order valence-electron chi connectivity index (χ0n) is 12.7. The summed E-state index contributed by atoms with van der Waals surface area (Å²) in [6, 6.07) is 14.1. The molecule has 0 fully saturated rings. The first-order valence-corrected chi connectivity index (χ1v) is 7.32. The lowest BCUT2D eigenvalue weighted by Gasteiger charge is -2.03. The minimum Gasteiger partial charge on any atom is -0.439 e. The van der Waals surface area contributed by atoms with Crippen molar-refractivity contribution in [3.05, 3.63) is 48.0 Å². The van der Waals surface area contributed by atoms with Gasteiger partial charge in [0.2, 0.25) is 0 Å². The monoisotopic (exact) mass is 310 g/mol. The molecular weight excluding hydrogens is 292 g/mol. The van der Waals surface area contributed by atoms with Crippen LogP contribution < -0.4 is 11.1 Å². The minimum atomic E-state index is -0.680. The van der Waals surface area contributed by atoms with Gasteiger partial charge in [0, 0.05) is 18.5 Å². The Morgan fingerprint density at radius 2 is 1.91 bits per heavy atom. The van der Waals surface area contributed by atoms with Crippen molar-refractivity contribution in [1.82, 2.24) is 5.32 Å². The summed E-state index contributed by atoms with van der Waals surface area (Å²) >= 11 is 0. The van der Waals surface area contributed by atoms with Gasteiger partial charge in [0.15, 0.2) is 6.61 Å². The predicted octanol–water partition coefficient (Wildman–Crippen LogP) is 2.18. The van der Waals surface area contributed by atoms with E-state index in [0.717, 1.165) is 16.3 Å². The van der Waals surface area contributed by atoms with Crippen LogP contribution in [0.4, 0.5) is 4.79 Å². The maximum absolute atomic E-state index is 11.2. The highest BCUT2D eigenvalue weighted by Crippen LogP contribution is 2.17. The molecule has 5 nitrogen and oxygen atoms in total. The van der Waals surface area contributed by atoms with Crippen LogP contribution >= 0.6 is 0 Å². The molecule has 2 aromatic rings. The van der Waals surface area contributed by atoms with Gasteiger partial charge in [-0.05, 0) is 23.3 Å². The lowest BCUT2D eigenvalue weighted by molar-refractivity contribution is -0.120. The van der Waals surface area contributed by atoms with Crippen LogP contribution in [-0.4, -0.2) is 25.2 Å². The van der Waals surface area contributed by atoms with E-state index in [1.54, 1.807) is 0 Å². The van der Waals surface area contributed by atoms with Crippen LogP contribution in [0.15, 0.2) is 42.5 Å². The van der Waals surface area contributed by atoms with Crippen LogP contribution in [0, 0.1) is 11.8 Å². The Labute approximate surface area is 134 Å². The lowest BCUT2D eigenvalue weighted by atomic mass is 10.0. The van der Waals surface area contributed by atoms with Gasteiger partial charge < -0.3 is 15.8 Å². The largest absolute Gasteiger partial charge is 0.439 e. The van der Waals surface area contributed by atoms with Crippen LogP contribution in [-0.2, 0) is 9.53 Å². The van der Waals surface area contributed by atoms with E-state index in [9.17, 15) is 9.59 Å². The van der Waals surface area contributed by atoms with Crippen LogP contribution in [0.5, 0.6) is 0 Å². The molecule has 23 heavy (non-hydrogen) atoms. The van der Waals surface area contributed by atoms with E-state index >= 15 is 0 Å². The zero-order valence-corrected chi connectivity index (χ0v) is 12.7. The highest BCUT2D eigenvalue weighted by atomic mass is 16.6. The molecule has 3 N–H and O–H groups in total. The average Bonchev–Trinajstić information content (AvgIpc) is 2.56. The molecule has 0 heterocycles. The molecule has 0 unspecified atom stereocenters. The number of alkyl carbamates (subject to hydrolysis) is 1. The fourth-order valence-corrected chi connectivity index (χ4v) is 2.05. The van der Waals surface area contributed by atoms with Gasteiger partial charge in [-0.25, -0.2) is 4.79 Å². The van der Waals surface area contributed by atoms with Gasteiger partial charge in [-0.2, -0.15) is 0 Å². The number of primary amides is 1. The van der Waals surface area contributed by atoms with E-state index in [1.807, 2.05) is 24.3 Å². The number of unbranched alkanes of at least 4 members (excludes halogenated alkanes) is 1. The van der Waals surface area contributed by atoms with Crippen LogP contribution in [0.2, 0.25) is 0 Å². The number of hydrogen-bond donors (Lipinski definition) is 2. The molecule has 0 saturated heterocycles. The fourth-order valence-electron chi connectivity index (χ4n) is 2.05. The van der Waals surface area contributed by atoms with Crippen molar-refractivity contribution in [2.45, 2.75) is 12.8 Å². The highest BCUT2D eigenvalue weighted by Gasteiger charge is 2.02. The number of amides is 2. The number of benzene rings is 2. The molecule has 0 aromatic heterocycles. The normalized spacial score (nSPS) is 9.74. The highest BCUT2D eigenvalue weighted by molar-refractivity contribution is 5.88. The van der Waals surface area contributed by atoms with E-state index in [4.69, 9.17) is 5.73 Å². The quantitative estimate of drug-likeness (QED) is 0.656. The molecule has 0 aliphatic carbocycles. The molecule has 0 aliphatic rings. The number of rotatable bonds is 5. The number of hydrogen-bond acceptors (Lipinski definition) is 3. The van der Waals surface area contributed by atoms with E-state index in [0.29, 0.717) is 19.4 Å². The second-order valence-corrected chi connectivity index (χ2v) is 4.90. The van der Waals surface area contributed by atoms with Crippen molar-refractivity contribution in [3.8, 4) is 11.8 Å². The zero-order chi connectivity index (χ0) is 16.5.